The second-order valence-corrected chi connectivity index (χ2v) is 7.94. The molecule has 1 amide bonds. The van der Waals surface area contributed by atoms with Crippen LogP contribution in [0.3, 0.4) is 0 Å². The second-order valence-electron chi connectivity index (χ2n) is 7.94. The first-order valence-corrected chi connectivity index (χ1v) is 9.52. The molecule has 0 saturated carbocycles. The lowest BCUT2D eigenvalue weighted by atomic mass is 9.76. The van der Waals surface area contributed by atoms with Crippen LogP contribution < -0.4 is 0 Å². The zero-order chi connectivity index (χ0) is 20.3. The Morgan fingerprint density at radius 3 is 2.79 bits per heavy atom. The van der Waals surface area contributed by atoms with Gasteiger partial charge in [-0.2, -0.15) is 0 Å². The van der Waals surface area contributed by atoms with E-state index >= 15 is 0 Å². The van der Waals surface area contributed by atoms with Crippen molar-refractivity contribution in [3.63, 3.8) is 0 Å². The monoisotopic (exact) mass is 388 g/mol. The fourth-order valence-corrected chi connectivity index (χ4v) is 3.74. The summed E-state index contributed by atoms with van der Waals surface area (Å²) in [5, 5.41) is 13.8. The molecule has 1 aliphatic heterocycles. The van der Waals surface area contributed by atoms with Crippen LogP contribution in [0.4, 0.5) is 4.39 Å². The smallest absolute Gasteiger partial charge is 0.311 e. The number of amides is 1. The number of hydrogen-bond donors (Lipinski definition) is 1. The van der Waals surface area contributed by atoms with E-state index in [0.29, 0.717) is 42.8 Å². The van der Waals surface area contributed by atoms with Gasteiger partial charge in [-0.15, -0.1) is 0 Å². The normalized spacial score (nSPS) is 19.8. The minimum atomic E-state index is -1.13. The first-order valence-electron chi connectivity index (χ1n) is 9.52. The van der Waals surface area contributed by atoms with E-state index in [4.69, 9.17) is 4.52 Å². The van der Waals surface area contributed by atoms with Crippen LogP contribution in [-0.2, 0) is 16.0 Å². The number of carboxylic acids is 1. The van der Waals surface area contributed by atoms with Crippen LogP contribution in [0, 0.1) is 17.2 Å². The first kappa shape index (κ1) is 20.0. The minimum absolute atomic E-state index is 0.0232. The maximum atomic E-state index is 14.0. The number of nitrogens with zero attached hydrogens (tertiary/aromatic N) is 2. The lowest BCUT2D eigenvalue weighted by molar-refractivity contribution is -0.155. The summed E-state index contributed by atoms with van der Waals surface area (Å²) in [7, 11) is 0. The molecule has 1 aromatic heterocycles. The molecule has 1 aliphatic rings. The number of aliphatic carboxylic acids is 1. The predicted molar refractivity (Wildman–Crippen MR) is 101 cm³/mol. The highest BCUT2D eigenvalue weighted by Gasteiger charge is 2.44. The number of halogens is 1. The van der Waals surface area contributed by atoms with Gasteiger partial charge in [0, 0.05) is 37.6 Å². The lowest BCUT2D eigenvalue weighted by Crippen LogP contribution is -2.51. The highest BCUT2D eigenvalue weighted by atomic mass is 19.1. The fourth-order valence-electron chi connectivity index (χ4n) is 3.74. The van der Waals surface area contributed by atoms with Crippen molar-refractivity contribution in [3.05, 3.63) is 41.9 Å². The van der Waals surface area contributed by atoms with Crippen molar-refractivity contribution in [3.8, 4) is 11.3 Å². The number of benzene rings is 1. The number of hydrogen-bond acceptors (Lipinski definition) is 4. The highest BCUT2D eigenvalue weighted by molar-refractivity contribution is 5.80. The van der Waals surface area contributed by atoms with Crippen LogP contribution in [0.5, 0.6) is 0 Å². The third kappa shape index (κ3) is 4.24. The minimum Gasteiger partial charge on any atom is -0.481 e. The molecule has 2 aromatic rings. The number of aromatic nitrogens is 1. The van der Waals surface area contributed by atoms with E-state index in [1.54, 1.807) is 29.2 Å². The molecule has 1 aromatic carbocycles. The number of likely N-dealkylation sites (tertiary alicyclic amines) is 1. The van der Waals surface area contributed by atoms with Gasteiger partial charge in [0.15, 0.2) is 0 Å². The SMILES string of the molecule is CC(C)CC(=O)N1CCC[C@](Cc2cc(-c3ccccc3F)no2)(C(=O)O)C1. The van der Waals surface area contributed by atoms with Gasteiger partial charge in [0.25, 0.3) is 0 Å². The quantitative estimate of drug-likeness (QED) is 0.815. The van der Waals surface area contributed by atoms with Gasteiger partial charge in [0.2, 0.25) is 5.91 Å². The van der Waals surface area contributed by atoms with Gasteiger partial charge >= 0.3 is 5.97 Å². The molecule has 150 valence electrons. The van der Waals surface area contributed by atoms with Crippen LogP contribution in [0.2, 0.25) is 0 Å². The molecule has 2 heterocycles. The first-order chi connectivity index (χ1) is 13.3. The molecular formula is C21H25FN2O4. The molecule has 6 nitrogen and oxygen atoms in total. The van der Waals surface area contributed by atoms with Crippen molar-refractivity contribution < 1.29 is 23.6 Å². The van der Waals surface area contributed by atoms with Crippen LogP contribution in [0.15, 0.2) is 34.9 Å². The summed E-state index contributed by atoms with van der Waals surface area (Å²) < 4.78 is 19.3. The van der Waals surface area contributed by atoms with Crippen molar-refractivity contribution in [1.29, 1.82) is 0 Å². The standard InChI is InChI=1S/C21H25FN2O4/c1-14(2)10-19(25)24-9-5-8-21(13-24,20(26)27)12-15-11-18(23-28-15)16-6-3-4-7-17(16)22/h3-4,6-7,11,14H,5,8-10,12-13H2,1-2H3,(H,26,27)/t21-/m1/s1. The lowest BCUT2D eigenvalue weighted by Gasteiger charge is -2.39. The largest absolute Gasteiger partial charge is 0.481 e. The average molecular weight is 388 g/mol. The topological polar surface area (TPSA) is 83.6 Å². The Morgan fingerprint density at radius 2 is 2.11 bits per heavy atom. The van der Waals surface area contributed by atoms with Crippen molar-refractivity contribution in [2.45, 2.75) is 39.5 Å². The third-order valence-corrected chi connectivity index (χ3v) is 5.19. The maximum absolute atomic E-state index is 14.0. The number of carbonyl (C=O) groups is 2. The van der Waals surface area contributed by atoms with Crippen molar-refractivity contribution in [1.82, 2.24) is 10.1 Å². The summed E-state index contributed by atoms with van der Waals surface area (Å²) >= 11 is 0. The van der Waals surface area contributed by atoms with Gasteiger partial charge in [-0.1, -0.05) is 31.1 Å². The van der Waals surface area contributed by atoms with E-state index in [-0.39, 0.29) is 24.8 Å². The van der Waals surface area contributed by atoms with E-state index in [0.717, 1.165) is 0 Å². The van der Waals surface area contributed by atoms with E-state index in [1.165, 1.54) is 6.07 Å². The van der Waals surface area contributed by atoms with Gasteiger partial charge in [-0.3, -0.25) is 9.59 Å². The Bertz CT molecular complexity index is 864. The maximum Gasteiger partial charge on any atom is 0.311 e. The van der Waals surface area contributed by atoms with E-state index in [1.807, 2.05) is 13.8 Å². The van der Waals surface area contributed by atoms with Gasteiger partial charge in [-0.05, 0) is 30.9 Å². The Morgan fingerprint density at radius 1 is 1.36 bits per heavy atom. The number of carboxylic acid groups (broad SMARTS) is 1. The third-order valence-electron chi connectivity index (χ3n) is 5.19. The molecule has 1 atom stereocenters. The van der Waals surface area contributed by atoms with Crippen molar-refractivity contribution >= 4 is 11.9 Å². The van der Waals surface area contributed by atoms with Crippen LogP contribution in [0.1, 0.15) is 38.9 Å². The Balaban J connectivity index is 1.81. The molecule has 1 N–H and O–H groups in total. The summed E-state index contributed by atoms with van der Waals surface area (Å²) in [6.45, 7) is 4.64. The molecule has 3 rings (SSSR count). The van der Waals surface area contributed by atoms with Gasteiger partial charge < -0.3 is 14.5 Å². The van der Waals surface area contributed by atoms with Crippen LogP contribution >= 0.6 is 0 Å². The molecule has 0 spiro atoms. The van der Waals surface area contributed by atoms with Crippen molar-refractivity contribution in [2.24, 2.45) is 11.3 Å². The molecule has 1 fully saturated rings. The summed E-state index contributed by atoms with van der Waals surface area (Å²) in [5.41, 5.74) is -0.492. The fraction of sp³-hybridized carbons (Fsp3) is 0.476. The van der Waals surface area contributed by atoms with Crippen molar-refractivity contribution in [2.75, 3.05) is 13.1 Å². The average Bonchev–Trinajstić information content (AvgIpc) is 3.09. The molecule has 1 saturated heterocycles. The van der Waals surface area contributed by atoms with Crippen LogP contribution in [0.25, 0.3) is 11.3 Å². The Hall–Kier alpha value is -2.70. The molecule has 0 bridgehead atoms. The Kier molecular flexibility index (Phi) is 5.82. The van der Waals surface area contributed by atoms with E-state index in [9.17, 15) is 19.1 Å². The summed E-state index contributed by atoms with van der Waals surface area (Å²) in [5.74, 6) is -0.813. The van der Waals surface area contributed by atoms with Gasteiger partial charge in [0.1, 0.15) is 17.3 Å². The zero-order valence-electron chi connectivity index (χ0n) is 16.2. The predicted octanol–water partition coefficient (Wildman–Crippen LogP) is 3.76. The van der Waals surface area contributed by atoms with E-state index in [2.05, 4.69) is 5.16 Å². The molecular weight excluding hydrogens is 363 g/mol. The zero-order valence-corrected chi connectivity index (χ0v) is 16.2. The summed E-state index contributed by atoms with van der Waals surface area (Å²) in [6.07, 6.45) is 1.57. The van der Waals surface area contributed by atoms with Crippen LogP contribution in [-0.4, -0.2) is 40.1 Å². The molecule has 7 heteroatoms. The molecule has 0 aliphatic carbocycles. The second kappa shape index (κ2) is 8.12. The summed E-state index contributed by atoms with van der Waals surface area (Å²) in [4.78, 5) is 26.2. The number of rotatable bonds is 6. The number of carbonyl (C=O) groups excluding carboxylic acids is 1. The van der Waals surface area contributed by atoms with Gasteiger partial charge in [0.05, 0.1) is 5.41 Å². The number of piperidine rings is 1. The molecule has 0 unspecified atom stereocenters. The Labute approximate surface area is 163 Å². The summed E-state index contributed by atoms with van der Waals surface area (Å²) in [6, 6.07) is 7.80. The molecule has 0 radical (unpaired) electrons. The van der Waals surface area contributed by atoms with Gasteiger partial charge in [-0.25, -0.2) is 4.39 Å². The molecule has 28 heavy (non-hydrogen) atoms. The van der Waals surface area contributed by atoms with E-state index < -0.39 is 17.2 Å². The highest BCUT2D eigenvalue weighted by Crippen LogP contribution is 2.35.